The van der Waals surface area contributed by atoms with Gasteiger partial charge in [0, 0.05) is 16.6 Å². The van der Waals surface area contributed by atoms with Crippen LogP contribution in [-0.2, 0) is 9.31 Å². The molecule has 1 aliphatic heterocycles. The largest absolute Gasteiger partial charge is 0.498 e. The Morgan fingerprint density at radius 3 is 2.12 bits per heavy atom. The van der Waals surface area contributed by atoms with Crippen LogP contribution in [0.3, 0.4) is 0 Å². The molecule has 0 spiro atoms. The van der Waals surface area contributed by atoms with E-state index in [1.54, 1.807) is 25.3 Å². The zero-order valence-corrected chi connectivity index (χ0v) is 15.9. The van der Waals surface area contributed by atoms with Crippen LogP contribution in [-0.4, -0.2) is 36.9 Å². The fraction of sp³-hybridized carbons (Fsp3) is 0.611. The summed E-state index contributed by atoms with van der Waals surface area (Å²) in [5.74, 6) is 0.503. The monoisotopic (exact) mass is 333 g/mol. The van der Waals surface area contributed by atoms with E-state index in [4.69, 9.17) is 14.0 Å². The van der Waals surface area contributed by atoms with E-state index in [1.165, 1.54) is 0 Å². The highest BCUT2D eigenvalue weighted by Crippen LogP contribution is 2.37. The van der Waals surface area contributed by atoms with Crippen LogP contribution in [0.1, 0.15) is 58.8 Å². The predicted octanol–water partition coefficient (Wildman–Crippen LogP) is 2.52. The fourth-order valence-electron chi connectivity index (χ4n) is 2.44. The van der Waals surface area contributed by atoms with Crippen molar-refractivity contribution in [1.29, 1.82) is 0 Å². The molecule has 132 valence electrons. The highest BCUT2D eigenvalue weighted by atomic mass is 16.7. The molecule has 5 nitrogen and oxygen atoms in total. The minimum Gasteiger partial charge on any atom is -0.497 e. The maximum Gasteiger partial charge on any atom is 0.498 e. The topological polar surface area (TPSA) is 56.8 Å². The Balaban J connectivity index is 2.36. The molecule has 0 aliphatic carbocycles. The van der Waals surface area contributed by atoms with Crippen LogP contribution in [0.2, 0.25) is 0 Å². The maximum atomic E-state index is 12.4. The number of amides is 1. The smallest absolute Gasteiger partial charge is 0.497 e. The summed E-state index contributed by atoms with van der Waals surface area (Å²) in [7, 11) is 1.02. The minimum atomic E-state index is -0.577. The van der Waals surface area contributed by atoms with Gasteiger partial charge in [-0.15, -0.1) is 0 Å². The molecule has 1 amide bonds. The molecule has 1 aromatic carbocycles. The SMILES string of the molecule is COc1ccc(C(=O)NC(C)(C)C)cc1B1OC(C)(C)C(C)(C)O1. The van der Waals surface area contributed by atoms with Gasteiger partial charge in [-0.05, 0) is 66.7 Å². The lowest BCUT2D eigenvalue weighted by molar-refractivity contribution is 0.00578. The van der Waals surface area contributed by atoms with Crippen molar-refractivity contribution in [3.05, 3.63) is 23.8 Å². The van der Waals surface area contributed by atoms with Crippen molar-refractivity contribution in [1.82, 2.24) is 5.32 Å². The molecule has 0 saturated carbocycles. The molecule has 0 bridgehead atoms. The fourth-order valence-corrected chi connectivity index (χ4v) is 2.44. The molecule has 1 heterocycles. The van der Waals surface area contributed by atoms with E-state index >= 15 is 0 Å². The van der Waals surface area contributed by atoms with Gasteiger partial charge < -0.3 is 19.4 Å². The van der Waals surface area contributed by atoms with Crippen LogP contribution >= 0.6 is 0 Å². The molecule has 2 rings (SSSR count). The molecule has 0 aromatic heterocycles. The quantitative estimate of drug-likeness (QED) is 0.864. The number of carbonyl (C=O) groups is 1. The molecule has 1 fully saturated rings. The standard InChI is InChI=1S/C18H28BNO4/c1-16(2,3)20-15(21)12-9-10-14(22-8)13(11-12)19-23-17(4,5)18(6,7)24-19/h9-11H,1-8H3,(H,20,21). The van der Waals surface area contributed by atoms with E-state index in [-0.39, 0.29) is 11.4 Å². The third-order valence-corrected chi connectivity index (χ3v) is 4.49. The first-order valence-electron chi connectivity index (χ1n) is 8.22. The van der Waals surface area contributed by atoms with E-state index in [9.17, 15) is 4.79 Å². The van der Waals surface area contributed by atoms with Gasteiger partial charge >= 0.3 is 7.12 Å². The Kier molecular flexibility index (Phi) is 4.77. The van der Waals surface area contributed by atoms with Crippen molar-refractivity contribution < 1.29 is 18.8 Å². The van der Waals surface area contributed by atoms with Crippen LogP contribution in [0.15, 0.2) is 18.2 Å². The molecule has 6 heteroatoms. The Labute approximate surface area is 145 Å². The van der Waals surface area contributed by atoms with Crippen LogP contribution in [0.5, 0.6) is 5.75 Å². The molecule has 0 atom stereocenters. The lowest BCUT2D eigenvalue weighted by atomic mass is 9.77. The molecule has 1 N–H and O–H groups in total. The third-order valence-electron chi connectivity index (χ3n) is 4.49. The summed E-state index contributed by atoms with van der Waals surface area (Å²) in [6.07, 6.45) is 0. The summed E-state index contributed by atoms with van der Waals surface area (Å²) in [4.78, 5) is 12.4. The van der Waals surface area contributed by atoms with Gasteiger partial charge in [0.2, 0.25) is 0 Å². The third kappa shape index (κ3) is 3.76. The molecular formula is C18H28BNO4. The molecule has 24 heavy (non-hydrogen) atoms. The number of carbonyl (C=O) groups excluding carboxylic acids is 1. The molecule has 1 aliphatic rings. The van der Waals surface area contributed by atoms with E-state index in [0.29, 0.717) is 11.3 Å². The lowest BCUT2D eigenvalue weighted by Gasteiger charge is -2.32. The average Bonchev–Trinajstić information content (AvgIpc) is 2.64. The number of rotatable bonds is 3. The van der Waals surface area contributed by atoms with Gasteiger partial charge in [0.15, 0.2) is 0 Å². The first-order chi connectivity index (χ1) is 10.9. The summed E-state index contributed by atoms with van der Waals surface area (Å²) < 4.78 is 17.6. The van der Waals surface area contributed by atoms with Crippen LogP contribution in [0.4, 0.5) is 0 Å². The van der Waals surface area contributed by atoms with Gasteiger partial charge in [-0.2, -0.15) is 0 Å². The zero-order valence-electron chi connectivity index (χ0n) is 15.9. The number of methoxy groups -OCH3 is 1. The Bertz CT molecular complexity index is 618. The van der Waals surface area contributed by atoms with Crippen molar-refractivity contribution in [3.8, 4) is 5.75 Å². The predicted molar refractivity (Wildman–Crippen MR) is 95.9 cm³/mol. The van der Waals surface area contributed by atoms with Crippen molar-refractivity contribution in [3.63, 3.8) is 0 Å². The normalized spacial score (nSPS) is 19.2. The van der Waals surface area contributed by atoms with Gasteiger partial charge in [-0.25, -0.2) is 0 Å². The van der Waals surface area contributed by atoms with E-state index in [1.807, 2.05) is 48.5 Å². The number of ether oxygens (including phenoxy) is 1. The van der Waals surface area contributed by atoms with Gasteiger partial charge in [-0.3, -0.25) is 4.79 Å². The second-order valence-electron chi connectivity index (χ2n) is 8.25. The zero-order chi connectivity index (χ0) is 18.3. The summed E-state index contributed by atoms with van der Waals surface area (Å²) in [5, 5.41) is 2.96. The summed E-state index contributed by atoms with van der Waals surface area (Å²) >= 11 is 0. The lowest BCUT2D eigenvalue weighted by Crippen LogP contribution is -2.41. The van der Waals surface area contributed by atoms with E-state index < -0.39 is 18.3 Å². The number of nitrogens with one attached hydrogen (secondary N) is 1. The van der Waals surface area contributed by atoms with Crippen molar-refractivity contribution in [2.24, 2.45) is 0 Å². The van der Waals surface area contributed by atoms with Crippen molar-refractivity contribution >= 4 is 18.5 Å². The Morgan fingerprint density at radius 1 is 1.12 bits per heavy atom. The Morgan fingerprint density at radius 2 is 1.67 bits per heavy atom. The molecular weight excluding hydrogens is 305 g/mol. The summed E-state index contributed by atoms with van der Waals surface area (Å²) in [6, 6.07) is 5.30. The summed E-state index contributed by atoms with van der Waals surface area (Å²) in [6.45, 7) is 13.8. The van der Waals surface area contributed by atoms with Crippen molar-refractivity contribution in [2.75, 3.05) is 7.11 Å². The average molecular weight is 333 g/mol. The number of hydrogen-bond acceptors (Lipinski definition) is 4. The van der Waals surface area contributed by atoms with Gasteiger partial charge in [0.05, 0.1) is 18.3 Å². The molecule has 0 radical (unpaired) electrons. The first-order valence-corrected chi connectivity index (χ1v) is 8.22. The van der Waals surface area contributed by atoms with Crippen molar-refractivity contribution in [2.45, 2.75) is 65.2 Å². The maximum absolute atomic E-state index is 12.4. The second kappa shape index (κ2) is 6.08. The minimum absolute atomic E-state index is 0.136. The molecule has 1 aromatic rings. The highest BCUT2D eigenvalue weighted by Gasteiger charge is 2.52. The molecule has 0 unspecified atom stereocenters. The number of benzene rings is 1. The second-order valence-corrected chi connectivity index (χ2v) is 8.25. The van der Waals surface area contributed by atoms with Gasteiger partial charge in [-0.1, -0.05) is 0 Å². The summed E-state index contributed by atoms with van der Waals surface area (Å²) in [5.41, 5.74) is 0.0633. The van der Waals surface area contributed by atoms with Crippen LogP contribution in [0.25, 0.3) is 0 Å². The van der Waals surface area contributed by atoms with Gasteiger partial charge in [0.1, 0.15) is 5.75 Å². The first kappa shape index (κ1) is 18.8. The molecule has 1 saturated heterocycles. The Hall–Kier alpha value is -1.53. The van der Waals surface area contributed by atoms with E-state index in [2.05, 4.69) is 5.32 Å². The van der Waals surface area contributed by atoms with E-state index in [0.717, 1.165) is 5.46 Å². The van der Waals surface area contributed by atoms with Crippen LogP contribution < -0.4 is 15.5 Å². The highest BCUT2D eigenvalue weighted by molar-refractivity contribution is 6.63. The van der Waals surface area contributed by atoms with Gasteiger partial charge in [0.25, 0.3) is 5.91 Å². The number of hydrogen-bond donors (Lipinski definition) is 1. The van der Waals surface area contributed by atoms with Crippen LogP contribution in [0, 0.1) is 0 Å².